The molecule has 6 aromatic rings. The Balaban J connectivity index is 0.000000155. The lowest BCUT2D eigenvalue weighted by Gasteiger charge is -2.22. The van der Waals surface area contributed by atoms with Crippen LogP contribution in [0.1, 0.15) is 45.7 Å². The van der Waals surface area contributed by atoms with E-state index in [-0.39, 0.29) is 74.5 Å². The second-order valence-corrected chi connectivity index (χ2v) is 16.2. The van der Waals surface area contributed by atoms with E-state index >= 15 is 0 Å². The second-order valence-electron chi connectivity index (χ2n) is 16.2. The van der Waals surface area contributed by atoms with Crippen LogP contribution in [0.5, 0.6) is 11.5 Å². The van der Waals surface area contributed by atoms with Crippen molar-refractivity contribution in [3.8, 4) is 11.5 Å². The SMILES string of the molecule is CCOC(=O)c1c(O)c2ccccc2n(Cc2ccccc2)c1=O.CCOC(=O)c1c(OC2CO[C@H]3[C@@H]2OC[C@@H]3O)c2ccccc2n(Cc2ccccc2)c1=O.O[C@@H]1CO[C@H]2[C@@H]1OC[C@@H]2O. The minimum Gasteiger partial charge on any atom is -0.506 e. The van der Waals surface area contributed by atoms with Crippen LogP contribution in [0.4, 0.5) is 0 Å². The molecule has 4 fully saturated rings. The summed E-state index contributed by atoms with van der Waals surface area (Å²) in [7, 11) is 0. The number of benzene rings is 4. The van der Waals surface area contributed by atoms with Crippen LogP contribution in [0.3, 0.4) is 0 Å². The van der Waals surface area contributed by atoms with Crippen LogP contribution in [0.2, 0.25) is 0 Å². The Kier molecular flexibility index (Phi) is 14.8. The fourth-order valence-electron chi connectivity index (χ4n) is 8.66. The number of carbonyl (C=O) groups excluding carboxylic acids is 2. The highest BCUT2D eigenvalue weighted by Gasteiger charge is 2.49. The van der Waals surface area contributed by atoms with Gasteiger partial charge in [-0.05, 0) is 49.2 Å². The third-order valence-electron chi connectivity index (χ3n) is 11.8. The van der Waals surface area contributed by atoms with Crippen molar-refractivity contribution >= 4 is 33.7 Å². The number of hydrogen-bond acceptors (Lipinski definition) is 15. The average Bonchev–Trinajstić information content (AvgIpc) is 4.13. The van der Waals surface area contributed by atoms with Gasteiger partial charge < -0.3 is 62.7 Å². The van der Waals surface area contributed by atoms with Gasteiger partial charge in [-0.2, -0.15) is 0 Å². The topological polar surface area (TPSA) is 224 Å². The van der Waals surface area contributed by atoms with Crippen molar-refractivity contribution < 1.29 is 63.2 Å². The number of pyridine rings is 2. The largest absolute Gasteiger partial charge is 0.506 e. The van der Waals surface area contributed by atoms with Crippen LogP contribution in [-0.2, 0) is 41.5 Å². The molecule has 0 radical (unpaired) electrons. The Hall–Kier alpha value is -6.44. The molecule has 17 heteroatoms. The molecule has 10 rings (SSSR count). The molecule has 6 heterocycles. The van der Waals surface area contributed by atoms with Crippen LogP contribution in [0.25, 0.3) is 21.8 Å². The molecule has 67 heavy (non-hydrogen) atoms. The number of aliphatic hydroxyl groups is 3. The van der Waals surface area contributed by atoms with Crippen LogP contribution < -0.4 is 15.9 Å². The fraction of sp³-hybridized carbons (Fsp3) is 0.360. The number of fused-ring (bicyclic) bond motifs is 4. The predicted octanol–water partition coefficient (Wildman–Crippen LogP) is 3.57. The van der Waals surface area contributed by atoms with Crippen LogP contribution in [0.15, 0.2) is 119 Å². The lowest BCUT2D eigenvalue weighted by atomic mass is 10.1. The molecule has 4 aromatic carbocycles. The number of carbonyl (C=O) groups is 2. The summed E-state index contributed by atoms with van der Waals surface area (Å²) in [6.45, 7) is 5.07. The first-order valence-corrected chi connectivity index (χ1v) is 22.1. The third kappa shape index (κ3) is 9.85. The number of nitrogens with zero attached hydrogens (tertiary/aromatic N) is 2. The molecule has 4 aliphatic rings. The van der Waals surface area contributed by atoms with E-state index in [0.29, 0.717) is 34.9 Å². The van der Waals surface area contributed by atoms with Crippen molar-refractivity contribution in [3.63, 3.8) is 0 Å². The first-order chi connectivity index (χ1) is 32.5. The van der Waals surface area contributed by atoms with Gasteiger partial charge in [0.2, 0.25) is 0 Å². The molecule has 352 valence electrons. The smallest absolute Gasteiger partial charge is 0.347 e. The van der Waals surface area contributed by atoms with Gasteiger partial charge in [0.25, 0.3) is 11.1 Å². The molecule has 17 nitrogen and oxygen atoms in total. The van der Waals surface area contributed by atoms with E-state index in [1.54, 1.807) is 42.7 Å². The molecule has 4 N–H and O–H groups in total. The normalized spacial score (nSPS) is 23.7. The number of aliphatic hydroxyl groups excluding tert-OH is 3. The van der Waals surface area contributed by atoms with E-state index in [2.05, 4.69) is 0 Å². The van der Waals surface area contributed by atoms with E-state index in [0.717, 1.165) is 11.1 Å². The molecule has 8 atom stereocenters. The van der Waals surface area contributed by atoms with Crippen molar-refractivity contribution in [2.45, 2.75) is 75.8 Å². The first kappa shape index (κ1) is 47.1. The number of rotatable bonds is 10. The predicted molar refractivity (Wildman–Crippen MR) is 242 cm³/mol. The molecule has 0 aliphatic carbocycles. The number of hydrogen-bond donors (Lipinski definition) is 4. The number of para-hydroxylation sites is 2. The Morgan fingerprint density at radius 1 is 0.552 bits per heavy atom. The summed E-state index contributed by atoms with van der Waals surface area (Å²) in [6, 6.07) is 33.3. The van der Waals surface area contributed by atoms with Gasteiger partial charge in [-0.1, -0.05) is 84.9 Å². The van der Waals surface area contributed by atoms with Crippen LogP contribution >= 0.6 is 0 Å². The van der Waals surface area contributed by atoms with Gasteiger partial charge in [-0.25, -0.2) is 9.59 Å². The third-order valence-corrected chi connectivity index (χ3v) is 11.8. The quantitative estimate of drug-likeness (QED) is 0.144. The Morgan fingerprint density at radius 2 is 0.955 bits per heavy atom. The maximum Gasteiger partial charge on any atom is 0.347 e. The van der Waals surface area contributed by atoms with Gasteiger partial charge in [0.05, 0.1) is 63.8 Å². The fourth-order valence-corrected chi connectivity index (χ4v) is 8.66. The van der Waals surface area contributed by atoms with Crippen LogP contribution in [-0.4, -0.2) is 130 Å². The summed E-state index contributed by atoms with van der Waals surface area (Å²) >= 11 is 0. The minimum atomic E-state index is -0.812. The second kappa shape index (κ2) is 21.0. The number of esters is 2. The van der Waals surface area contributed by atoms with Gasteiger partial charge in [0.1, 0.15) is 54.2 Å². The maximum absolute atomic E-state index is 13.7. The monoisotopic (exact) mass is 920 g/mol. The molecular weight excluding hydrogens is 869 g/mol. The highest BCUT2D eigenvalue weighted by molar-refractivity contribution is 6.00. The highest BCUT2D eigenvalue weighted by Crippen LogP contribution is 2.35. The lowest BCUT2D eigenvalue weighted by molar-refractivity contribution is 0.00205. The van der Waals surface area contributed by atoms with Crippen molar-refractivity contribution in [1.29, 1.82) is 0 Å². The van der Waals surface area contributed by atoms with Crippen LogP contribution in [0, 0.1) is 0 Å². The zero-order chi connectivity index (χ0) is 47.2. The maximum atomic E-state index is 13.7. The van der Waals surface area contributed by atoms with Gasteiger partial charge in [0.15, 0.2) is 17.2 Å². The molecule has 4 saturated heterocycles. The summed E-state index contributed by atoms with van der Waals surface area (Å²) in [5.74, 6) is -1.74. The Bertz CT molecular complexity index is 2800. The molecule has 0 spiro atoms. The van der Waals surface area contributed by atoms with E-state index in [4.69, 9.17) is 43.4 Å². The van der Waals surface area contributed by atoms with Crippen molar-refractivity contribution in [2.75, 3.05) is 39.6 Å². The van der Waals surface area contributed by atoms with E-state index in [9.17, 15) is 29.4 Å². The Morgan fingerprint density at radius 3 is 1.48 bits per heavy atom. The summed E-state index contributed by atoms with van der Waals surface area (Å²) < 4.78 is 41.0. The van der Waals surface area contributed by atoms with E-state index < -0.39 is 59.7 Å². The standard InChI is InChI=1S/C25H25NO7.C19H17NO4.C6H10O4/c1-2-30-25(29)20-21(33-19-14-32-22-18(27)13-31-23(19)22)16-10-6-7-11-17(16)26(24(20)28)12-15-8-4-3-5-9-15;1-2-24-19(23)16-17(21)14-10-6-7-11-15(14)20(18(16)22)12-13-8-4-3-5-9-13;7-3-1-9-6-4(8)2-10-5(3)6/h3-11,18-19,22-23,27H,2,12-14H2,1H3;3-11,21H,2,12H2,1H3;3-8H,1-2H2/t18-,19?,22+,23+;;3-,4+,5-,6-/m0.1/s1. The molecule has 4 aliphatic heterocycles. The average molecular weight is 921 g/mol. The van der Waals surface area contributed by atoms with Gasteiger partial charge >= 0.3 is 11.9 Å². The number of aromatic nitrogens is 2. The highest BCUT2D eigenvalue weighted by atomic mass is 16.6. The zero-order valence-corrected chi connectivity index (χ0v) is 36.8. The molecule has 2 aromatic heterocycles. The number of ether oxygens (including phenoxy) is 7. The van der Waals surface area contributed by atoms with Crippen molar-refractivity contribution in [1.82, 2.24) is 9.13 Å². The Labute approximate surface area is 384 Å². The zero-order valence-electron chi connectivity index (χ0n) is 36.8. The van der Waals surface area contributed by atoms with Gasteiger partial charge in [-0.3, -0.25) is 9.59 Å². The molecule has 0 saturated carbocycles. The molecular formula is C50H52N2O15. The van der Waals surface area contributed by atoms with Crippen molar-refractivity contribution in [3.05, 3.63) is 152 Å². The summed E-state index contributed by atoms with van der Waals surface area (Å²) in [4.78, 5) is 51.6. The molecule has 1 unspecified atom stereocenters. The molecule has 0 bridgehead atoms. The lowest BCUT2D eigenvalue weighted by Crippen LogP contribution is -2.36. The van der Waals surface area contributed by atoms with Gasteiger partial charge in [-0.15, -0.1) is 0 Å². The first-order valence-electron chi connectivity index (χ1n) is 22.1. The summed E-state index contributed by atoms with van der Waals surface area (Å²) in [5.41, 5.74) is 1.51. The van der Waals surface area contributed by atoms with Crippen molar-refractivity contribution in [2.24, 2.45) is 0 Å². The number of aromatic hydroxyl groups is 1. The molecule has 0 amide bonds. The van der Waals surface area contributed by atoms with E-state index in [1.165, 1.54) is 4.57 Å². The van der Waals surface area contributed by atoms with Gasteiger partial charge in [0, 0.05) is 10.8 Å². The van der Waals surface area contributed by atoms with E-state index in [1.807, 2.05) is 84.9 Å². The minimum absolute atomic E-state index is 0.121. The summed E-state index contributed by atoms with van der Waals surface area (Å²) in [6.07, 6.45) is -3.99. The summed E-state index contributed by atoms with van der Waals surface area (Å²) in [5, 5.41) is 39.8.